The first-order valence-corrected chi connectivity index (χ1v) is 12.1. The highest BCUT2D eigenvalue weighted by atomic mass is 16.4. The van der Waals surface area contributed by atoms with Gasteiger partial charge in [0.1, 0.15) is 18.1 Å². The van der Waals surface area contributed by atoms with Crippen LogP contribution in [0.15, 0.2) is 30.3 Å². The summed E-state index contributed by atoms with van der Waals surface area (Å²) >= 11 is 0. The number of amides is 5. The molecule has 0 spiro atoms. The average Bonchev–Trinajstić information content (AvgIpc) is 2.85. The molecule has 14 heteroatoms. The summed E-state index contributed by atoms with van der Waals surface area (Å²) in [6.07, 6.45) is 0.140. The van der Waals surface area contributed by atoms with Gasteiger partial charge >= 0.3 is 5.97 Å². The fourth-order valence-corrected chi connectivity index (χ4v) is 3.50. The number of primary amides is 2. The molecule has 14 nitrogen and oxygen atoms in total. The van der Waals surface area contributed by atoms with Crippen LogP contribution in [0.5, 0.6) is 0 Å². The first-order chi connectivity index (χ1) is 17.9. The van der Waals surface area contributed by atoms with Crippen LogP contribution in [-0.4, -0.2) is 71.3 Å². The molecule has 12 N–H and O–H groups in total. The Balaban J connectivity index is 2.97. The number of carbonyl (C=O) groups is 6. The number of aliphatic carboxylic acids is 1. The van der Waals surface area contributed by atoms with Gasteiger partial charge in [-0.25, -0.2) is 4.79 Å². The zero-order valence-electron chi connectivity index (χ0n) is 21.1. The van der Waals surface area contributed by atoms with Gasteiger partial charge in [0, 0.05) is 6.42 Å². The minimum atomic E-state index is -1.54. The lowest BCUT2D eigenvalue weighted by Crippen LogP contribution is -2.58. The molecule has 0 fully saturated rings. The van der Waals surface area contributed by atoms with Gasteiger partial charge in [0.05, 0.1) is 12.5 Å². The van der Waals surface area contributed by atoms with Crippen molar-refractivity contribution in [1.29, 1.82) is 0 Å². The molecular formula is C24H37N7O7. The Morgan fingerprint density at radius 2 is 1.34 bits per heavy atom. The molecule has 1 rings (SSSR count). The minimum Gasteiger partial charge on any atom is -0.480 e. The van der Waals surface area contributed by atoms with Crippen LogP contribution in [-0.2, 0) is 35.2 Å². The van der Waals surface area contributed by atoms with Gasteiger partial charge in [0.15, 0.2) is 0 Å². The maximum absolute atomic E-state index is 13.1. The van der Waals surface area contributed by atoms with Crippen LogP contribution in [0, 0.1) is 0 Å². The second-order valence-corrected chi connectivity index (χ2v) is 8.78. The van der Waals surface area contributed by atoms with E-state index in [0.717, 1.165) is 5.56 Å². The third-order valence-electron chi connectivity index (χ3n) is 5.55. The Hall–Kier alpha value is -4.04. The van der Waals surface area contributed by atoms with Crippen LogP contribution in [0.2, 0.25) is 0 Å². The number of carboxylic acids is 1. The average molecular weight is 536 g/mol. The van der Waals surface area contributed by atoms with E-state index in [1.165, 1.54) is 0 Å². The van der Waals surface area contributed by atoms with Crippen LogP contribution in [0.1, 0.15) is 44.1 Å². The smallest absolute Gasteiger partial charge is 0.326 e. The van der Waals surface area contributed by atoms with Gasteiger partial charge in [0.2, 0.25) is 29.5 Å². The fraction of sp³-hybridized carbons (Fsp3) is 0.500. The van der Waals surface area contributed by atoms with Crippen LogP contribution in [0.4, 0.5) is 0 Å². The molecule has 0 saturated carbocycles. The molecule has 0 aliphatic heterocycles. The van der Waals surface area contributed by atoms with Crippen LogP contribution in [0.3, 0.4) is 0 Å². The van der Waals surface area contributed by atoms with Gasteiger partial charge in [-0.2, -0.15) is 0 Å². The van der Waals surface area contributed by atoms with Crippen molar-refractivity contribution in [2.75, 3.05) is 6.54 Å². The third-order valence-corrected chi connectivity index (χ3v) is 5.55. The first kappa shape index (κ1) is 32.0. The van der Waals surface area contributed by atoms with Gasteiger partial charge < -0.3 is 44.0 Å². The molecule has 0 heterocycles. The number of nitrogens with one attached hydrogen (secondary N) is 3. The van der Waals surface area contributed by atoms with Crippen molar-refractivity contribution in [3.8, 4) is 0 Å². The Kier molecular flexibility index (Phi) is 14.0. The third kappa shape index (κ3) is 12.3. The van der Waals surface area contributed by atoms with Crippen molar-refractivity contribution in [2.24, 2.45) is 22.9 Å². The minimum absolute atomic E-state index is 0.161. The van der Waals surface area contributed by atoms with E-state index in [-0.39, 0.29) is 25.7 Å². The molecule has 0 aliphatic carbocycles. The molecule has 210 valence electrons. The summed E-state index contributed by atoms with van der Waals surface area (Å²) in [5.41, 5.74) is 22.6. The number of carboxylic acid groups (broad SMARTS) is 1. The van der Waals surface area contributed by atoms with Crippen molar-refractivity contribution in [2.45, 2.75) is 69.1 Å². The molecule has 4 unspecified atom stereocenters. The predicted molar refractivity (Wildman–Crippen MR) is 137 cm³/mol. The molecule has 5 amide bonds. The highest BCUT2D eigenvalue weighted by Crippen LogP contribution is 2.07. The Labute approximate surface area is 220 Å². The van der Waals surface area contributed by atoms with E-state index in [2.05, 4.69) is 16.0 Å². The maximum Gasteiger partial charge on any atom is 0.326 e. The lowest BCUT2D eigenvalue weighted by Gasteiger charge is -2.25. The lowest BCUT2D eigenvalue weighted by atomic mass is 10.0. The Morgan fingerprint density at radius 3 is 1.89 bits per heavy atom. The van der Waals surface area contributed by atoms with Crippen molar-refractivity contribution in [3.05, 3.63) is 35.9 Å². The molecule has 38 heavy (non-hydrogen) atoms. The standard InChI is InChI=1S/C24H37N7O7/c25-11-5-4-8-16(29-21(34)15(26)12-14-6-2-1-3-7-14)22(35)31-18(13-20(28)33)23(36)30-17(24(37)38)9-10-19(27)32/h1-3,6-7,15-18H,4-5,8-13,25-26H2,(H2,27,32)(H2,28,33)(H,29,34)(H,30,36)(H,31,35)(H,37,38). The number of benzene rings is 1. The van der Waals surface area contributed by atoms with Crippen LogP contribution < -0.4 is 38.9 Å². The van der Waals surface area contributed by atoms with Crippen LogP contribution in [0.25, 0.3) is 0 Å². The molecule has 0 radical (unpaired) electrons. The van der Waals surface area contributed by atoms with Crippen molar-refractivity contribution >= 4 is 35.5 Å². The monoisotopic (exact) mass is 535 g/mol. The fourth-order valence-electron chi connectivity index (χ4n) is 3.50. The van der Waals surface area contributed by atoms with Crippen molar-refractivity contribution in [1.82, 2.24) is 16.0 Å². The van der Waals surface area contributed by atoms with Crippen molar-refractivity contribution < 1.29 is 33.9 Å². The molecular weight excluding hydrogens is 498 g/mol. The van der Waals surface area contributed by atoms with E-state index in [4.69, 9.17) is 22.9 Å². The van der Waals surface area contributed by atoms with E-state index in [1.54, 1.807) is 24.3 Å². The summed E-state index contributed by atoms with van der Waals surface area (Å²) in [5, 5.41) is 16.4. The topological polar surface area (TPSA) is 263 Å². The van der Waals surface area contributed by atoms with Gasteiger partial charge in [-0.1, -0.05) is 30.3 Å². The number of hydrogen-bond acceptors (Lipinski definition) is 8. The van der Waals surface area contributed by atoms with Gasteiger partial charge in [-0.3, -0.25) is 24.0 Å². The maximum atomic E-state index is 13.1. The lowest BCUT2D eigenvalue weighted by molar-refractivity contribution is -0.142. The number of hydrogen-bond donors (Lipinski definition) is 8. The van der Waals surface area contributed by atoms with Crippen molar-refractivity contribution in [3.63, 3.8) is 0 Å². The summed E-state index contributed by atoms with van der Waals surface area (Å²) in [4.78, 5) is 72.6. The molecule has 0 aliphatic rings. The highest BCUT2D eigenvalue weighted by Gasteiger charge is 2.31. The van der Waals surface area contributed by atoms with E-state index in [0.29, 0.717) is 19.4 Å². The number of carbonyl (C=O) groups excluding carboxylic acids is 5. The van der Waals surface area contributed by atoms with E-state index >= 15 is 0 Å². The zero-order valence-corrected chi connectivity index (χ0v) is 21.1. The largest absolute Gasteiger partial charge is 0.480 e. The first-order valence-electron chi connectivity index (χ1n) is 12.1. The summed E-state index contributed by atoms with van der Waals surface area (Å²) in [5.74, 6) is -5.57. The predicted octanol–water partition coefficient (Wildman–Crippen LogP) is -2.63. The van der Waals surface area contributed by atoms with Crippen LogP contribution >= 0.6 is 0 Å². The second-order valence-electron chi connectivity index (χ2n) is 8.78. The quantitative estimate of drug-likeness (QED) is 0.0912. The van der Waals surface area contributed by atoms with E-state index in [1.807, 2.05) is 6.07 Å². The molecule has 0 saturated heterocycles. The molecule has 1 aromatic carbocycles. The van der Waals surface area contributed by atoms with Gasteiger partial charge in [0.25, 0.3) is 0 Å². The molecule has 0 aromatic heterocycles. The normalized spacial score (nSPS) is 13.8. The van der Waals surface area contributed by atoms with Gasteiger partial charge in [-0.05, 0) is 44.2 Å². The highest BCUT2D eigenvalue weighted by molar-refractivity contribution is 5.96. The summed E-state index contributed by atoms with van der Waals surface area (Å²) in [6.45, 7) is 0.352. The zero-order chi connectivity index (χ0) is 28.7. The summed E-state index contributed by atoms with van der Waals surface area (Å²) < 4.78 is 0. The molecule has 4 atom stereocenters. The molecule has 0 bridgehead atoms. The SMILES string of the molecule is NCCCCC(NC(=O)C(N)Cc1ccccc1)C(=O)NC(CC(N)=O)C(=O)NC(CCC(N)=O)C(=O)O. The van der Waals surface area contributed by atoms with E-state index < -0.39 is 66.1 Å². The summed E-state index contributed by atoms with van der Waals surface area (Å²) in [6, 6.07) is 3.91. The Bertz CT molecular complexity index is 974. The second kappa shape index (κ2) is 16.7. The number of nitrogens with two attached hydrogens (primary N) is 4. The Morgan fingerprint density at radius 1 is 0.763 bits per heavy atom. The number of rotatable bonds is 18. The number of unbranched alkanes of at least 4 members (excludes halogenated alkanes) is 1. The van der Waals surface area contributed by atoms with Gasteiger partial charge in [-0.15, -0.1) is 0 Å². The van der Waals surface area contributed by atoms with E-state index in [9.17, 15) is 33.9 Å². The summed E-state index contributed by atoms with van der Waals surface area (Å²) in [7, 11) is 0. The molecule has 1 aromatic rings.